The molecule has 5 rings (SSSR count). The highest BCUT2D eigenvalue weighted by Crippen LogP contribution is 2.35. The lowest BCUT2D eigenvalue weighted by atomic mass is 9.97. The number of aromatic amines is 1. The van der Waals surface area contributed by atoms with Gasteiger partial charge in [-0.05, 0) is 36.5 Å². The van der Waals surface area contributed by atoms with Crippen molar-refractivity contribution < 1.29 is 4.98 Å². The molecule has 1 saturated heterocycles. The van der Waals surface area contributed by atoms with E-state index < -0.39 is 0 Å². The van der Waals surface area contributed by atoms with Crippen LogP contribution in [0.5, 0.6) is 0 Å². The van der Waals surface area contributed by atoms with E-state index in [2.05, 4.69) is 76.6 Å². The number of fused-ring (bicyclic) bond motifs is 1. The fraction of sp³-hybridized carbons (Fsp3) is 0.231. The summed E-state index contributed by atoms with van der Waals surface area (Å²) >= 11 is 0. The normalized spacial score (nSPS) is 14.2. The molecule has 4 heteroatoms. The third-order valence-electron chi connectivity index (χ3n) is 5.99. The van der Waals surface area contributed by atoms with Crippen molar-refractivity contribution in [2.24, 2.45) is 5.73 Å². The van der Waals surface area contributed by atoms with Crippen LogP contribution in [0.25, 0.3) is 33.3 Å². The van der Waals surface area contributed by atoms with E-state index in [9.17, 15) is 0 Å². The Balaban J connectivity index is 1.72. The maximum absolute atomic E-state index is 5.80. The summed E-state index contributed by atoms with van der Waals surface area (Å²) in [6, 6.07) is 23.4. The van der Waals surface area contributed by atoms with Gasteiger partial charge < -0.3 is 5.73 Å². The van der Waals surface area contributed by atoms with E-state index in [1.807, 2.05) is 6.20 Å². The van der Waals surface area contributed by atoms with Crippen LogP contribution in [0.4, 0.5) is 5.82 Å². The molecule has 2 aromatic carbocycles. The number of pyridine rings is 2. The minimum Gasteiger partial charge on any atom is -0.326 e. The van der Waals surface area contributed by atoms with Crippen LogP contribution < -0.4 is 15.6 Å². The summed E-state index contributed by atoms with van der Waals surface area (Å²) in [6.45, 7) is 2.74. The van der Waals surface area contributed by atoms with Gasteiger partial charge in [0.2, 0.25) is 0 Å². The number of rotatable bonds is 4. The average Bonchev–Trinajstić information content (AvgIpc) is 2.84. The molecule has 0 aliphatic carbocycles. The van der Waals surface area contributed by atoms with Crippen molar-refractivity contribution in [3.8, 4) is 22.4 Å². The highest BCUT2D eigenvalue weighted by Gasteiger charge is 2.23. The van der Waals surface area contributed by atoms with Crippen molar-refractivity contribution in [3.63, 3.8) is 0 Å². The molecule has 0 saturated carbocycles. The number of nitrogens with zero attached hydrogens (tertiary/aromatic N) is 2. The zero-order chi connectivity index (χ0) is 20.3. The second-order valence-electron chi connectivity index (χ2n) is 7.96. The van der Waals surface area contributed by atoms with Crippen LogP contribution in [-0.2, 0) is 6.54 Å². The maximum Gasteiger partial charge on any atom is 0.283 e. The van der Waals surface area contributed by atoms with Gasteiger partial charge >= 0.3 is 0 Å². The summed E-state index contributed by atoms with van der Waals surface area (Å²) in [5.74, 6) is 1.18. The highest BCUT2D eigenvalue weighted by molar-refractivity contribution is 5.96. The molecule has 30 heavy (non-hydrogen) atoms. The first-order valence-corrected chi connectivity index (χ1v) is 10.8. The Kier molecular flexibility index (Phi) is 5.16. The number of H-pyrrole nitrogens is 1. The number of hydrogen-bond acceptors (Lipinski definition) is 3. The van der Waals surface area contributed by atoms with Crippen molar-refractivity contribution in [2.75, 3.05) is 18.0 Å². The Labute approximate surface area is 177 Å². The summed E-state index contributed by atoms with van der Waals surface area (Å²) in [5.41, 5.74) is 12.4. The van der Waals surface area contributed by atoms with Crippen molar-refractivity contribution in [3.05, 3.63) is 78.5 Å². The lowest BCUT2D eigenvalue weighted by molar-refractivity contribution is -0.362. The molecule has 0 radical (unpaired) electrons. The molecular weight excluding hydrogens is 368 g/mol. The van der Waals surface area contributed by atoms with E-state index in [0.29, 0.717) is 6.54 Å². The molecule has 3 N–H and O–H groups in total. The molecule has 0 atom stereocenters. The summed E-state index contributed by atoms with van der Waals surface area (Å²) in [5, 5.41) is 1.18. The van der Waals surface area contributed by atoms with Crippen LogP contribution in [0.15, 0.2) is 72.9 Å². The first-order chi connectivity index (χ1) is 14.8. The van der Waals surface area contributed by atoms with E-state index in [-0.39, 0.29) is 0 Å². The van der Waals surface area contributed by atoms with Gasteiger partial charge in [-0.25, -0.2) is 9.97 Å². The van der Waals surface area contributed by atoms with Gasteiger partial charge in [-0.3, -0.25) is 4.90 Å². The lowest BCUT2D eigenvalue weighted by Crippen LogP contribution is -2.34. The van der Waals surface area contributed by atoms with Crippen molar-refractivity contribution in [2.45, 2.75) is 25.8 Å². The van der Waals surface area contributed by atoms with Gasteiger partial charge in [0.25, 0.3) is 5.82 Å². The number of benzene rings is 2. The SMILES string of the molecule is NCc1ccc(-c2nc3cc[nH+]c(N4CCCCC4)c3cc2-c2ccccc2)cc1. The van der Waals surface area contributed by atoms with Crippen LogP contribution in [0.3, 0.4) is 0 Å². The van der Waals surface area contributed by atoms with Crippen molar-refractivity contribution in [1.29, 1.82) is 0 Å². The zero-order valence-electron chi connectivity index (χ0n) is 17.1. The zero-order valence-corrected chi connectivity index (χ0v) is 17.1. The van der Waals surface area contributed by atoms with Crippen LogP contribution in [-0.4, -0.2) is 18.1 Å². The molecule has 2 aromatic heterocycles. The fourth-order valence-corrected chi connectivity index (χ4v) is 4.36. The van der Waals surface area contributed by atoms with Gasteiger partial charge in [-0.2, -0.15) is 0 Å². The Morgan fingerprint density at radius 3 is 2.37 bits per heavy atom. The summed E-state index contributed by atoms with van der Waals surface area (Å²) in [4.78, 5) is 11.1. The largest absolute Gasteiger partial charge is 0.326 e. The number of hydrogen-bond donors (Lipinski definition) is 1. The number of piperidine rings is 1. The molecule has 150 valence electrons. The molecule has 4 aromatic rings. The minimum atomic E-state index is 0.548. The Bertz CT molecular complexity index is 1150. The third kappa shape index (κ3) is 3.55. The first-order valence-electron chi connectivity index (χ1n) is 10.8. The van der Waals surface area contributed by atoms with Crippen molar-refractivity contribution in [1.82, 2.24) is 4.98 Å². The highest BCUT2D eigenvalue weighted by atomic mass is 15.2. The average molecular weight is 396 g/mol. The minimum absolute atomic E-state index is 0.548. The Morgan fingerprint density at radius 1 is 0.867 bits per heavy atom. The fourth-order valence-electron chi connectivity index (χ4n) is 4.36. The second-order valence-corrected chi connectivity index (χ2v) is 7.96. The smallest absolute Gasteiger partial charge is 0.283 e. The predicted octanol–water partition coefficient (Wildman–Crippen LogP) is 4.83. The standard InChI is InChI=1S/C26H26N4/c27-18-19-9-11-21(12-10-19)25-22(20-7-3-1-4-8-20)17-23-24(29-25)13-14-28-26(23)30-15-5-2-6-16-30/h1,3-4,7-14,17H,2,5-6,15-16,18,27H2/p+1. The molecule has 3 heterocycles. The molecule has 0 amide bonds. The molecule has 0 bridgehead atoms. The van der Waals surface area contributed by atoms with Crippen LogP contribution >= 0.6 is 0 Å². The molecule has 1 aliphatic heterocycles. The van der Waals surface area contributed by atoms with Crippen LogP contribution in [0, 0.1) is 0 Å². The van der Waals surface area contributed by atoms with Crippen LogP contribution in [0.1, 0.15) is 24.8 Å². The monoisotopic (exact) mass is 395 g/mol. The number of nitrogens with one attached hydrogen (secondary N) is 1. The Hall–Kier alpha value is -3.24. The summed E-state index contributed by atoms with van der Waals surface area (Å²) in [7, 11) is 0. The molecule has 0 spiro atoms. The Morgan fingerprint density at radius 2 is 1.63 bits per heavy atom. The summed E-state index contributed by atoms with van der Waals surface area (Å²) in [6.07, 6.45) is 5.82. The van der Waals surface area contributed by atoms with Gasteiger partial charge in [-0.15, -0.1) is 0 Å². The van der Waals surface area contributed by atoms with Gasteiger partial charge in [-0.1, -0.05) is 54.6 Å². The second kappa shape index (κ2) is 8.25. The van der Waals surface area contributed by atoms with Gasteiger partial charge in [0.1, 0.15) is 0 Å². The quantitative estimate of drug-likeness (QED) is 0.538. The van der Waals surface area contributed by atoms with E-state index in [4.69, 9.17) is 10.7 Å². The van der Waals surface area contributed by atoms with E-state index in [0.717, 1.165) is 41.0 Å². The number of nitrogens with two attached hydrogens (primary N) is 1. The maximum atomic E-state index is 5.80. The van der Waals surface area contributed by atoms with Crippen molar-refractivity contribution >= 4 is 16.7 Å². The molecule has 0 unspecified atom stereocenters. The van der Waals surface area contributed by atoms with E-state index in [1.54, 1.807) is 0 Å². The molecular formula is C26H27N4+. The first kappa shape index (κ1) is 18.8. The van der Waals surface area contributed by atoms with Gasteiger partial charge in [0, 0.05) is 23.7 Å². The topological polar surface area (TPSA) is 56.3 Å². The van der Waals surface area contributed by atoms with E-state index in [1.165, 1.54) is 36.0 Å². The van der Waals surface area contributed by atoms with Crippen LogP contribution in [0.2, 0.25) is 0 Å². The predicted molar refractivity (Wildman–Crippen MR) is 123 cm³/mol. The van der Waals surface area contributed by atoms with Gasteiger partial charge in [0.05, 0.1) is 35.9 Å². The van der Waals surface area contributed by atoms with E-state index >= 15 is 0 Å². The number of aromatic nitrogens is 2. The summed E-state index contributed by atoms with van der Waals surface area (Å²) < 4.78 is 0. The molecule has 1 fully saturated rings. The molecule has 1 aliphatic rings. The van der Waals surface area contributed by atoms with Gasteiger partial charge in [0.15, 0.2) is 0 Å². The molecule has 4 nitrogen and oxygen atoms in total. The number of anilines is 1. The third-order valence-corrected chi connectivity index (χ3v) is 5.99. The lowest BCUT2D eigenvalue weighted by Gasteiger charge is -2.22.